The molecule has 2 unspecified atom stereocenters. The van der Waals surface area contributed by atoms with Crippen molar-refractivity contribution in [3.8, 4) is 17.0 Å². The molecule has 1 fully saturated rings. The monoisotopic (exact) mass is 350 g/mol. The lowest BCUT2D eigenvalue weighted by Gasteiger charge is -2.18. The lowest BCUT2D eigenvalue weighted by molar-refractivity contribution is 0.0932. The number of hydrogen-bond donors (Lipinski definition) is 3. The molecule has 6 nitrogen and oxygen atoms in total. The molecule has 0 bridgehead atoms. The summed E-state index contributed by atoms with van der Waals surface area (Å²) in [5, 5.41) is 16.0. The number of hydrogen-bond acceptors (Lipinski definition) is 5. The van der Waals surface area contributed by atoms with Crippen LogP contribution < -0.4 is 10.6 Å². The summed E-state index contributed by atoms with van der Waals surface area (Å²) in [6.45, 7) is 6.26. The number of nitrogens with zero attached hydrogens (tertiary/aromatic N) is 2. The smallest absolute Gasteiger partial charge is 0.252 e. The number of fused-ring (bicyclic) bond motifs is 1. The number of carbonyl (C=O) groups is 1. The van der Waals surface area contributed by atoms with Crippen LogP contribution in [0.25, 0.3) is 11.3 Å². The molecule has 2 aliphatic heterocycles. The van der Waals surface area contributed by atoms with Crippen LogP contribution in [0.15, 0.2) is 35.3 Å². The molecule has 26 heavy (non-hydrogen) atoms. The molecule has 134 valence electrons. The number of amides is 1. The van der Waals surface area contributed by atoms with Gasteiger partial charge >= 0.3 is 0 Å². The van der Waals surface area contributed by atoms with Gasteiger partial charge in [0.05, 0.1) is 23.5 Å². The maximum atomic E-state index is 13.0. The molecule has 1 saturated heterocycles. The first kappa shape index (κ1) is 16.7. The van der Waals surface area contributed by atoms with E-state index in [1.165, 1.54) is 0 Å². The van der Waals surface area contributed by atoms with Crippen molar-refractivity contribution in [1.29, 1.82) is 0 Å². The summed E-state index contributed by atoms with van der Waals surface area (Å²) in [6.07, 6.45) is 0. The minimum atomic E-state index is -0.0827. The molecule has 2 atom stereocenters. The largest absolute Gasteiger partial charge is 0.508 e. The second kappa shape index (κ2) is 6.53. The number of phenols is 1. The average molecular weight is 350 g/mol. The Morgan fingerprint density at radius 3 is 2.73 bits per heavy atom. The fraction of sp³-hybridized carbons (Fsp3) is 0.350. The maximum Gasteiger partial charge on any atom is 0.252 e. The second-order valence-electron chi connectivity index (χ2n) is 7.04. The Bertz CT molecular complexity index is 889. The van der Waals surface area contributed by atoms with Crippen LogP contribution in [0.4, 0.5) is 0 Å². The first-order valence-corrected chi connectivity index (χ1v) is 8.89. The quantitative estimate of drug-likeness (QED) is 0.791. The Kier molecular flexibility index (Phi) is 4.20. The molecule has 3 heterocycles. The first-order valence-electron chi connectivity index (χ1n) is 8.89. The minimum absolute atomic E-state index is 0.0827. The summed E-state index contributed by atoms with van der Waals surface area (Å²) in [5.74, 6) is 0.524. The zero-order valence-electron chi connectivity index (χ0n) is 14.9. The Morgan fingerprint density at radius 1 is 1.27 bits per heavy atom. The normalized spacial score (nSPS) is 21.4. The molecule has 1 aromatic carbocycles. The zero-order valence-corrected chi connectivity index (χ0v) is 14.9. The summed E-state index contributed by atoms with van der Waals surface area (Å²) >= 11 is 0. The summed E-state index contributed by atoms with van der Waals surface area (Å²) in [7, 11) is 0. The number of carbonyl (C=O) groups excluding carboxylic acids is 1. The molecule has 6 heteroatoms. The van der Waals surface area contributed by atoms with Gasteiger partial charge in [-0.2, -0.15) is 0 Å². The highest BCUT2D eigenvalue weighted by Crippen LogP contribution is 2.28. The molecule has 0 aliphatic carbocycles. The lowest BCUT2D eigenvalue weighted by Crippen LogP contribution is -2.40. The van der Waals surface area contributed by atoms with E-state index in [9.17, 15) is 9.90 Å². The number of phenolic OH excluding ortho intramolecular Hbond substituents is 1. The molecule has 0 spiro atoms. The van der Waals surface area contributed by atoms with Gasteiger partial charge in [0, 0.05) is 29.4 Å². The Balaban J connectivity index is 1.73. The van der Waals surface area contributed by atoms with Gasteiger partial charge in [-0.3, -0.25) is 14.8 Å². The standard InChI is InChI=1S/C20H22N4O2/c1-11-8-21-9-17(11)24-20(26)15-7-16(13-3-5-14(25)6-4-13)23-18-10-22-12(2)19(15)18/h3-7,11,17,21,25H,8-10H2,1-2H3,(H,24,26). The molecule has 1 aromatic heterocycles. The van der Waals surface area contributed by atoms with E-state index in [0.717, 1.165) is 41.3 Å². The fourth-order valence-corrected chi connectivity index (χ4v) is 3.60. The van der Waals surface area contributed by atoms with Crippen molar-refractivity contribution in [2.24, 2.45) is 10.9 Å². The van der Waals surface area contributed by atoms with Gasteiger partial charge < -0.3 is 15.7 Å². The molecule has 2 aromatic rings. The van der Waals surface area contributed by atoms with Gasteiger partial charge in [0.25, 0.3) is 5.91 Å². The Hall–Kier alpha value is -2.73. The van der Waals surface area contributed by atoms with Crippen LogP contribution in [-0.2, 0) is 6.54 Å². The topological polar surface area (TPSA) is 86.6 Å². The summed E-state index contributed by atoms with van der Waals surface area (Å²) in [5.41, 5.74) is 4.74. The van der Waals surface area contributed by atoms with Crippen LogP contribution in [-0.4, -0.2) is 40.8 Å². The molecule has 2 aliphatic rings. The highest BCUT2D eigenvalue weighted by molar-refractivity contribution is 6.11. The Morgan fingerprint density at radius 2 is 2.04 bits per heavy atom. The van der Waals surface area contributed by atoms with Crippen LogP contribution in [0.2, 0.25) is 0 Å². The summed E-state index contributed by atoms with van der Waals surface area (Å²) in [6, 6.07) is 8.81. The SMILES string of the molecule is CC1=NCc2nc(-c3ccc(O)cc3)cc(C(=O)NC3CNCC3C)c21. The third-order valence-electron chi connectivity index (χ3n) is 5.16. The molecule has 0 radical (unpaired) electrons. The molecule has 0 saturated carbocycles. The van der Waals surface area contributed by atoms with Gasteiger partial charge in [-0.05, 0) is 49.7 Å². The predicted molar refractivity (Wildman–Crippen MR) is 101 cm³/mol. The molecular weight excluding hydrogens is 328 g/mol. The highest BCUT2D eigenvalue weighted by Gasteiger charge is 2.28. The van der Waals surface area contributed by atoms with E-state index in [4.69, 9.17) is 4.98 Å². The van der Waals surface area contributed by atoms with E-state index in [2.05, 4.69) is 22.5 Å². The van der Waals surface area contributed by atoms with E-state index >= 15 is 0 Å². The first-order chi connectivity index (χ1) is 12.5. The van der Waals surface area contributed by atoms with E-state index in [0.29, 0.717) is 18.0 Å². The predicted octanol–water partition coefficient (Wildman–Crippen LogP) is 2.11. The van der Waals surface area contributed by atoms with Gasteiger partial charge in [-0.15, -0.1) is 0 Å². The number of nitrogens with one attached hydrogen (secondary N) is 2. The third kappa shape index (κ3) is 2.97. The number of benzene rings is 1. The van der Waals surface area contributed by atoms with E-state index < -0.39 is 0 Å². The van der Waals surface area contributed by atoms with Crippen molar-refractivity contribution in [2.45, 2.75) is 26.4 Å². The van der Waals surface area contributed by atoms with Crippen LogP contribution in [0.1, 0.15) is 35.5 Å². The van der Waals surface area contributed by atoms with E-state index in [1.54, 1.807) is 24.3 Å². The minimum Gasteiger partial charge on any atom is -0.508 e. The maximum absolute atomic E-state index is 13.0. The van der Waals surface area contributed by atoms with Gasteiger partial charge in [-0.25, -0.2) is 0 Å². The Labute approximate surface area is 152 Å². The van der Waals surface area contributed by atoms with Gasteiger partial charge in [0.2, 0.25) is 0 Å². The van der Waals surface area contributed by atoms with Crippen LogP contribution in [0.3, 0.4) is 0 Å². The molecule has 4 rings (SSSR count). The van der Waals surface area contributed by atoms with Crippen molar-refractivity contribution in [1.82, 2.24) is 15.6 Å². The van der Waals surface area contributed by atoms with Crippen LogP contribution >= 0.6 is 0 Å². The molecule has 3 N–H and O–H groups in total. The van der Waals surface area contributed by atoms with Crippen molar-refractivity contribution in [2.75, 3.05) is 13.1 Å². The van der Waals surface area contributed by atoms with Gasteiger partial charge in [0.1, 0.15) is 5.75 Å². The number of rotatable bonds is 3. The highest BCUT2D eigenvalue weighted by atomic mass is 16.3. The average Bonchev–Trinajstić information content (AvgIpc) is 3.21. The molecular formula is C20H22N4O2. The molecule has 1 amide bonds. The van der Waals surface area contributed by atoms with Crippen LogP contribution in [0, 0.1) is 5.92 Å². The zero-order chi connectivity index (χ0) is 18.3. The number of aromatic hydroxyl groups is 1. The van der Waals surface area contributed by atoms with Crippen LogP contribution in [0.5, 0.6) is 5.75 Å². The van der Waals surface area contributed by atoms with E-state index in [-0.39, 0.29) is 17.7 Å². The third-order valence-corrected chi connectivity index (χ3v) is 5.16. The van der Waals surface area contributed by atoms with Crippen molar-refractivity contribution in [3.63, 3.8) is 0 Å². The van der Waals surface area contributed by atoms with Crippen molar-refractivity contribution < 1.29 is 9.90 Å². The summed E-state index contributed by atoms with van der Waals surface area (Å²) in [4.78, 5) is 22.2. The second-order valence-corrected chi connectivity index (χ2v) is 7.04. The number of aliphatic imine (C=N–C) groups is 1. The van der Waals surface area contributed by atoms with Gasteiger partial charge in [-0.1, -0.05) is 6.92 Å². The van der Waals surface area contributed by atoms with Crippen molar-refractivity contribution in [3.05, 3.63) is 47.2 Å². The number of aromatic nitrogens is 1. The summed E-state index contributed by atoms with van der Waals surface area (Å²) < 4.78 is 0. The van der Waals surface area contributed by atoms with E-state index in [1.807, 2.05) is 13.0 Å². The lowest BCUT2D eigenvalue weighted by atomic mass is 9.98. The van der Waals surface area contributed by atoms with Gasteiger partial charge in [0.15, 0.2) is 0 Å². The fourth-order valence-electron chi connectivity index (χ4n) is 3.60. The van der Waals surface area contributed by atoms with Crippen molar-refractivity contribution >= 4 is 11.6 Å². The number of pyridine rings is 1.